The average molecular weight is 428 g/mol. The third-order valence-electron chi connectivity index (χ3n) is 4.90. The summed E-state index contributed by atoms with van der Waals surface area (Å²) in [5, 5.41) is 17.3. The van der Waals surface area contributed by atoms with Gasteiger partial charge >= 0.3 is 6.18 Å². The molecule has 1 unspecified atom stereocenters. The zero-order chi connectivity index (χ0) is 21.0. The first-order valence-electron chi connectivity index (χ1n) is 8.68. The zero-order valence-electron chi connectivity index (χ0n) is 14.9. The molecule has 0 amide bonds. The van der Waals surface area contributed by atoms with Crippen molar-refractivity contribution in [2.24, 2.45) is 0 Å². The molecule has 0 bridgehead atoms. The van der Waals surface area contributed by atoms with Gasteiger partial charge in [0.2, 0.25) is 0 Å². The number of benzene rings is 1. The van der Waals surface area contributed by atoms with Crippen molar-refractivity contribution >= 4 is 33.5 Å². The van der Waals surface area contributed by atoms with Crippen molar-refractivity contribution in [3.63, 3.8) is 0 Å². The highest BCUT2D eigenvalue weighted by Gasteiger charge is 2.36. The van der Waals surface area contributed by atoms with Crippen molar-refractivity contribution in [3.05, 3.63) is 80.1 Å². The Morgan fingerprint density at radius 2 is 2.07 bits per heavy atom. The van der Waals surface area contributed by atoms with E-state index >= 15 is 0 Å². The number of fused-ring (bicyclic) bond motifs is 2. The summed E-state index contributed by atoms with van der Waals surface area (Å²) in [7, 11) is 0. The lowest BCUT2D eigenvalue weighted by molar-refractivity contribution is -0.140. The summed E-state index contributed by atoms with van der Waals surface area (Å²) >= 11 is 0.815. The van der Waals surface area contributed by atoms with Gasteiger partial charge in [-0.05, 0) is 11.6 Å². The number of hydrogen-bond acceptors (Lipinski definition) is 6. The number of allylic oxidation sites excluding steroid dienone is 1. The smallest absolute Gasteiger partial charge is 0.313 e. The van der Waals surface area contributed by atoms with Crippen LogP contribution in [0.2, 0.25) is 0 Å². The van der Waals surface area contributed by atoms with Crippen LogP contribution in [0.4, 0.5) is 13.2 Å². The van der Waals surface area contributed by atoms with Gasteiger partial charge in [-0.25, -0.2) is 9.97 Å². The van der Waals surface area contributed by atoms with Gasteiger partial charge in [0, 0.05) is 22.3 Å². The number of alkyl halides is 3. The molecule has 30 heavy (non-hydrogen) atoms. The van der Waals surface area contributed by atoms with Gasteiger partial charge in [0.25, 0.3) is 5.56 Å². The van der Waals surface area contributed by atoms with Crippen molar-refractivity contribution in [2.45, 2.75) is 12.1 Å². The Balaban J connectivity index is 1.75. The summed E-state index contributed by atoms with van der Waals surface area (Å²) in [6.07, 6.45) is -0.169. The Morgan fingerprint density at radius 3 is 2.83 bits per heavy atom. The monoisotopic (exact) mass is 428 g/mol. The molecule has 0 aliphatic heterocycles. The average Bonchev–Trinajstić information content (AvgIpc) is 3.37. The maximum absolute atomic E-state index is 13.1. The van der Waals surface area contributed by atoms with Crippen molar-refractivity contribution < 1.29 is 13.2 Å². The molecule has 1 aromatic carbocycles. The highest BCUT2D eigenvalue weighted by molar-refractivity contribution is 7.10. The third-order valence-corrected chi connectivity index (χ3v) is 5.78. The fourth-order valence-electron chi connectivity index (χ4n) is 3.55. The topological polar surface area (TPSA) is 111 Å². The molecule has 1 aliphatic carbocycles. The first-order chi connectivity index (χ1) is 14.3. The summed E-state index contributed by atoms with van der Waals surface area (Å²) in [4.78, 5) is 22.8. The Hall–Kier alpha value is -3.60. The summed E-state index contributed by atoms with van der Waals surface area (Å²) in [5.74, 6) is -0.683. The van der Waals surface area contributed by atoms with Gasteiger partial charge in [-0.2, -0.15) is 18.3 Å². The summed E-state index contributed by atoms with van der Waals surface area (Å²) in [6, 6.07) is 5.40. The fraction of sp³-hybridized carbons (Fsp3) is 0.105. The van der Waals surface area contributed by atoms with Crippen LogP contribution in [-0.2, 0) is 6.18 Å². The van der Waals surface area contributed by atoms with Crippen LogP contribution in [0.15, 0.2) is 47.0 Å². The minimum absolute atomic E-state index is 0.00407. The Labute approximate surface area is 169 Å². The molecule has 1 aliphatic rings. The van der Waals surface area contributed by atoms with Crippen molar-refractivity contribution in [1.82, 2.24) is 25.1 Å². The standard InChI is InChI=1S/C19H11F3N6OS/c20-19(21,22)13-6-30-18(27-13)10-4-9(8-2-1-3-12-11(8)5-26-28-12)15(23)14-16(10)24-7-25-17(14)29/h1-7,9,23H,(H,26,28)(H,24,25,29). The second kappa shape index (κ2) is 6.46. The van der Waals surface area contributed by atoms with E-state index in [1.165, 1.54) is 0 Å². The molecule has 4 aromatic rings. The molecule has 0 spiro atoms. The Kier molecular flexibility index (Phi) is 3.97. The number of nitrogens with one attached hydrogen (secondary N) is 3. The number of thiazole rings is 1. The van der Waals surface area contributed by atoms with Gasteiger partial charge < -0.3 is 10.4 Å². The molecule has 5 rings (SSSR count). The molecule has 11 heteroatoms. The highest BCUT2D eigenvalue weighted by Crippen LogP contribution is 2.40. The Bertz CT molecular complexity index is 1400. The van der Waals surface area contributed by atoms with Crippen LogP contribution in [0.3, 0.4) is 0 Å². The SMILES string of the molecule is N=C1c2c(nc[nH]c2=O)C(c2nc(C(F)(F)F)cs2)=CC1c1cccc2[nH]ncc12. The van der Waals surface area contributed by atoms with Crippen molar-refractivity contribution in [1.29, 1.82) is 5.41 Å². The zero-order valence-corrected chi connectivity index (χ0v) is 15.7. The molecule has 0 fully saturated rings. The first kappa shape index (κ1) is 18.4. The number of nitrogens with zero attached hydrogens (tertiary/aromatic N) is 3. The number of aromatic amines is 2. The molecular formula is C19H11F3N6OS. The summed E-state index contributed by atoms with van der Waals surface area (Å²) in [6.45, 7) is 0. The van der Waals surface area contributed by atoms with E-state index in [0.29, 0.717) is 5.56 Å². The third kappa shape index (κ3) is 2.77. The summed E-state index contributed by atoms with van der Waals surface area (Å²) in [5.41, 5.74) is 0.352. The predicted molar refractivity (Wildman–Crippen MR) is 105 cm³/mol. The van der Waals surface area contributed by atoms with E-state index in [0.717, 1.165) is 33.9 Å². The molecule has 3 aromatic heterocycles. The quantitative estimate of drug-likeness (QED) is 0.452. The lowest BCUT2D eigenvalue weighted by Gasteiger charge is -2.23. The van der Waals surface area contributed by atoms with E-state index in [1.807, 2.05) is 6.07 Å². The molecule has 1 atom stereocenters. The summed E-state index contributed by atoms with van der Waals surface area (Å²) < 4.78 is 39.2. The number of aromatic nitrogens is 5. The fourth-order valence-corrected chi connectivity index (χ4v) is 4.40. The molecule has 0 saturated carbocycles. The minimum Gasteiger partial charge on any atom is -0.313 e. The predicted octanol–water partition coefficient (Wildman–Crippen LogP) is 3.72. The van der Waals surface area contributed by atoms with Gasteiger partial charge in [-0.1, -0.05) is 18.2 Å². The maximum Gasteiger partial charge on any atom is 0.434 e. The van der Waals surface area contributed by atoms with Crippen LogP contribution in [-0.4, -0.2) is 30.9 Å². The van der Waals surface area contributed by atoms with E-state index in [9.17, 15) is 18.0 Å². The molecular weight excluding hydrogens is 417 g/mol. The second-order valence-electron chi connectivity index (χ2n) is 6.64. The first-order valence-corrected chi connectivity index (χ1v) is 9.56. The second-order valence-corrected chi connectivity index (χ2v) is 7.50. The Morgan fingerprint density at radius 1 is 1.23 bits per heavy atom. The van der Waals surface area contributed by atoms with E-state index in [4.69, 9.17) is 5.41 Å². The maximum atomic E-state index is 13.1. The number of hydrogen-bond donors (Lipinski definition) is 3. The van der Waals surface area contributed by atoms with Crippen LogP contribution >= 0.6 is 11.3 Å². The van der Waals surface area contributed by atoms with Crippen LogP contribution in [0, 0.1) is 5.41 Å². The van der Waals surface area contributed by atoms with Crippen LogP contribution in [0.25, 0.3) is 16.5 Å². The van der Waals surface area contributed by atoms with E-state index < -0.39 is 23.3 Å². The number of H-pyrrole nitrogens is 2. The minimum atomic E-state index is -4.58. The van der Waals surface area contributed by atoms with Crippen LogP contribution < -0.4 is 5.56 Å². The van der Waals surface area contributed by atoms with E-state index in [-0.39, 0.29) is 27.5 Å². The van der Waals surface area contributed by atoms with Crippen LogP contribution in [0.1, 0.15) is 33.4 Å². The molecule has 0 radical (unpaired) electrons. The molecule has 7 nitrogen and oxygen atoms in total. The molecule has 3 heterocycles. The molecule has 0 saturated heterocycles. The highest BCUT2D eigenvalue weighted by atomic mass is 32.1. The van der Waals surface area contributed by atoms with E-state index in [1.54, 1.807) is 24.4 Å². The molecule has 150 valence electrons. The van der Waals surface area contributed by atoms with Gasteiger partial charge in [-0.15, -0.1) is 11.3 Å². The number of halogens is 3. The van der Waals surface area contributed by atoms with Crippen molar-refractivity contribution in [2.75, 3.05) is 0 Å². The van der Waals surface area contributed by atoms with Gasteiger partial charge in [0.05, 0.1) is 35.0 Å². The van der Waals surface area contributed by atoms with Crippen LogP contribution in [0.5, 0.6) is 0 Å². The largest absolute Gasteiger partial charge is 0.434 e. The van der Waals surface area contributed by atoms with Gasteiger partial charge in [-0.3, -0.25) is 9.89 Å². The van der Waals surface area contributed by atoms with Gasteiger partial charge in [0.15, 0.2) is 5.69 Å². The lowest BCUT2D eigenvalue weighted by Crippen LogP contribution is -2.28. The number of rotatable bonds is 2. The van der Waals surface area contributed by atoms with E-state index in [2.05, 4.69) is 25.1 Å². The molecule has 3 N–H and O–H groups in total. The lowest BCUT2D eigenvalue weighted by atomic mass is 9.81. The normalized spacial score (nSPS) is 16.6. The van der Waals surface area contributed by atoms with Crippen molar-refractivity contribution in [3.8, 4) is 0 Å². The van der Waals surface area contributed by atoms with Gasteiger partial charge in [0.1, 0.15) is 5.01 Å².